The Morgan fingerprint density at radius 3 is 2.54 bits per heavy atom. The van der Waals surface area contributed by atoms with Gasteiger partial charge in [-0.2, -0.15) is 0 Å². The van der Waals surface area contributed by atoms with Crippen LogP contribution >= 0.6 is 0 Å². The molecule has 1 saturated heterocycles. The molecule has 3 aromatic carbocycles. The summed E-state index contributed by atoms with van der Waals surface area (Å²) >= 11 is 0. The first-order valence-electron chi connectivity index (χ1n) is 12.9. The monoisotopic (exact) mass is 474 g/mol. The van der Waals surface area contributed by atoms with E-state index in [2.05, 4.69) is 65.4 Å². The van der Waals surface area contributed by atoms with Crippen LogP contribution in [-0.4, -0.2) is 67.9 Å². The number of hydrogen-bond acceptors (Lipinski definition) is 5. The second-order valence-corrected chi connectivity index (χ2v) is 10.3. The van der Waals surface area contributed by atoms with Crippen LogP contribution in [0.25, 0.3) is 10.8 Å². The Morgan fingerprint density at radius 1 is 0.943 bits per heavy atom. The van der Waals surface area contributed by atoms with Gasteiger partial charge in [-0.1, -0.05) is 48.5 Å². The number of rotatable bonds is 7. The van der Waals surface area contributed by atoms with Crippen molar-refractivity contribution in [3.8, 4) is 5.75 Å². The van der Waals surface area contributed by atoms with E-state index in [9.17, 15) is 5.11 Å². The number of aliphatic hydroxyl groups is 1. The molecule has 1 N–H and O–H groups in total. The molecule has 1 saturated carbocycles. The minimum Gasteiger partial charge on any atom is -0.497 e. The molecule has 0 amide bonds. The van der Waals surface area contributed by atoms with E-state index >= 15 is 0 Å². The number of methoxy groups -OCH3 is 1. The molecule has 3 unspecified atom stereocenters. The molecule has 186 valence electrons. The molecule has 5 rings (SSSR count). The zero-order valence-electron chi connectivity index (χ0n) is 21.0. The van der Waals surface area contributed by atoms with Crippen molar-refractivity contribution >= 4 is 10.8 Å². The molecule has 5 heteroatoms. The number of benzene rings is 3. The Kier molecular flexibility index (Phi) is 7.40. The third kappa shape index (κ3) is 5.54. The molecule has 1 aliphatic carbocycles. The SMILES string of the molecule is COc1cccc(COC2CCC(O)(c3ccc4ccccc4c3)C(CN3CCN(C)CC3)C2)c1. The van der Waals surface area contributed by atoms with Crippen molar-refractivity contribution < 1.29 is 14.6 Å². The van der Waals surface area contributed by atoms with Crippen molar-refractivity contribution in [2.75, 3.05) is 46.9 Å². The lowest BCUT2D eigenvalue weighted by molar-refractivity contribution is -0.114. The summed E-state index contributed by atoms with van der Waals surface area (Å²) in [4.78, 5) is 4.91. The Labute approximate surface area is 209 Å². The number of likely N-dealkylation sites (N-methyl/N-ethyl adjacent to an activating group) is 1. The number of hydrogen-bond donors (Lipinski definition) is 1. The summed E-state index contributed by atoms with van der Waals surface area (Å²) in [5, 5.41) is 14.6. The maximum atomic E-state index is 12.2. The number of piperazine rings is 1. The van der Waals surface area contributed by atoms with E-state index < -0.39 is 5.60 Å². The van der Waals surface area contributed by atoms with Crippen LogP contribution < -0.4 is 4.74 Å². The van der Waals surface area contributed by atoms with E-state index in [-0.39, 0.29) is 12.0 Å². The lowest BCUT2D eigenvalue weighted by atomic mass is 9.70. The molecular formula is C30H38N2O3. The number of ether oxygens (including phenoxy) is 2. The first-order valence-corrected chi connectivity index (χ1v) is 12.9. The van der Waals surface area contributed by atoms with Gasteiger partial charge in [0.05, 0.1) is 25.4 Å². The molecule has 0 radical (unpaired) electrons. The Morgan fingerprint density at radius 2 is 1.74 bits per heavy atom. The largest absolute Gasteiger partial charge is 0.497 e. The van der Waals surface area contributed by atoms with Gasteiger partial charge in [0.25, 0.3) is 0 Å². The number of nitrogens with zero attached hydrogens (tertiary/aromatic N) is 2. The molecule has 3 atom stereocenters. The highest BCUT2D eigenvalue weighted by molar-refractivity contribution is 5.83. The minimum atomic E-state index is -0.844. The topological polar surface area (TPSA) is 45.2 Å². The maximum Gasteiger partial charge on any atom is 0.119 e. The summed E-state index contributed by atoms with van der Waals surface area (Å²) in [5.41, 5.74) is 1.32. The van der Waals surface area contributed by atoms with Gasteiger partial charge < -0.3 is 24.4 Å². The van der Waals surface area contributed by atoms with E-state index in [4.69, 9.17) is 9.47 Å². The van der Waals surface area contributed by atoms with Crippen LogP contribution in [0.5, 0.6) is 5.75 Å². The van der Waals surface area contributed by atoms with E-state index in [0.29, 0.717) is 13.0 Å². The fourth-order valence-corrected chi connectivity index (χ4v) is 5.75. The Balaban J connectivity index is 1.35. The molecule has 2 aliphatic rings. The standard InChI is InChI=1S/C30H38N2O3/c1-31-14-16-32(17-15-31)21-27-20-29(35-22-23-6-5-9-28(18-23)34-2)12-13-30(27,33)26-11-10-24-7-3-4-8-25(24)19-26/h3-11,18-19,27,29,33H,12-17,20-22H2,1-2H3. The van der Waals surface area contributed by atoms with Crippen LogP contribution in [0.15, 0.2) is 66.7 Å². The van der Waals surface area contributed by atoms with E-state index in [1.54, 1.807) is 7.11 Å². The summed E-state index contributed by atoms with van der Waals surface area (Å²) in [6, 6.07) is 23.0. The number of fused-ring (bicyclic) bond motifs is 1. The predicted octanol–water partition coefficient (Wildman–Crippen LogP) is 4.67. The van der Waals surface area contributed by atoms with Gasteiger partial charge in [0.2, 0.25) is 0 Å². The fourth-order valence-electron chi connectivity index (χ4n) is 5.75. The van der Waals surface area contributed by atoms with Gasteiger partial charge in [-0.3, -0.25) is 0 Å². The molecule has 0 spiro atoms. The van der Waals surface area contributed by atoms with Gasteiger partial charge in [0, 0.05) is 38.6 Å². The highest BCUT2D eigenvalue weighted by atomic mass is 16.5. The molecule has 2 fully saturated rings. The second kappa shape index (κ2) is 10.7. The average Bonchev–Trinajstić information content (AvgIpc) is 2.90. The fraction of sp³-hybridized carbons (Fsp3) is 0.467. The predicted molar refractivity (Wildman–Crippen MR) is 141 cm³/mol. The van der Waals surface area contributed by atoms with Crippen LogP contribution in [0, 0.1) is 5.92 Å². The zero-order valence-corrected chi connectivity index (χ0v) is 21.0. The third-order valence-corrected chi connectivity index (χ3v) is 8.01. The molecule has 35 heavy (non-hydrogen) atoms. The van der Waals surface area contributed by atoms with Crippen LogP contribution in [-0.2, 0) is 16.9 Å². The van der Waals surface area contributed by atoms with Crippen LogP contribution in [0.4, 0.5) is 0 Å². The van der Waals surface area contributed by atoms with Gasteiger partial charge in [0.1, 0.15) is 5.75 Å². The Bertz CT molecular complexity index is 1130. The van der Waals surface area contributed by atoms with Gasteiger partial charge in [-0.25, -0.2) is 0 Å². The molecule has 3 aromatic rings. The summed E-state index contributed by atoms with van der Waals surface area (Å²) in [5.74, 6) is 0.976. The van der Waals surface area contributed by atoms with Crippen LogP contribution in [0.3, 0.4) is 0 Å². The summed E-state index contributed by atoms with van der Waals surface area (Å²) in [6.07, 6.45) is 2.57. The second-order valence-electron chi connectivity index (χ2n) is 10.3. The quantitative estimate of drug-likeness (QED) is 0.539. The highest BCUT2D eigenvalue weighted by Gasteiger charge is 2.44. The summed E-state index contributed by atoms with van der Waals surface area (Å²) < 4.78 is 11.8. The first-order chi connectivity index (χ1) is 17.0. The van der Waals surface area contributed by atoms with Gasteiger partial charge in [-0.15, -0.1) is 0 Å². The molecule has 5 nitrogen and oxygen atoms in total. The highest BCUT2D eigenvalue weighted by Crippen LogP contribution is 2.44. The first kappa shape index (κ1) is 24.3. The van der Waals surface area contributed by atoms with E-state index in [1.165, 1.54) is 10.8 Å². The Hall–Kier alpha value is -2.44. The minimum absolute atomic E-state index is 0.121. The molecule has 0 aromatic heterocycles. The molecule has 0 bridgehead atoms. The average molecular weight is 475 g/mol. The van der Waals surface area contributed by atoms with Crippen molar-refractivity contribution in [3.63, 3.8) is 0 Å². The summed E-state index contributed by atoms with van der Waals surface area (Å²) in [7, 11) is 3.88. The van der Waals surface area contributed by atoms with Crippen molar-refractivity contribution in [2.45, 2.75) is 37.6 Å². The van der Waals surface area contributed by atoms with Crippen molar-refractivity contribution in [1.82, 2.24) is 9.80 Å². The lowest BCUT2D eigenvalue weighted by Gasteiger charge is -2.46. The smallest absolute Gasteiger partial charge is 0.119 e. The van der Waals surface area contributed by atoms with Crippen molar-refractivity contribution in [2.24, 2.45) is 5.92 Å². The maximum absolute atomic E-state index is 12.2. The van der Waals surface area contributed by atoms with Gasteiger partial charge in [0.15, 0.2) is 0 Å². The zero-order chi connectivity index (χ0) is 24.3. The summed E-state index contributed by atoms with van der Waals surface area (Å²) in [6.45, 7) is 5.73. The molecule has 1 heterocycles. The molecule has 1 aliphatic heterocycles. The third-order valence-electron chi connectivity index (χ3n) is 8.01. The van der Waals surface area contributed by atoms with Gasteiger partial charge >= 0.3 is 0 Å². The molecular weight excluding hydrogens is 436 g/mol. The van der Waals surface area contributed by atoms with Gasteiger partial charge in [-0.05, 0) is 66.4 Å². The van der Waals surface area contributed by atoms with E-state index in [0.717, 1.165) is 62.4 Å². The normalized spacial score (nSPS) is 26.1. The van der Waals surface area contributed by atoms with E-state index in [1.807, 2.05) is 18.2 Å². The van der Waals surface area contributed by atoms with Crippen LogP contribution in [0.1, 0.15) is 30.4 Å². The van der Waals surface area contributed by atoms with Crippen LogP contribution in [0.2, 0.25) is 0 Å². The lowest BCUT2D eigenvalue weighted by Crippen LogP contribution is -2.52. The van der Waals surface area contributed by atoms with Crippen molar-refractivity contribution in [3.05, 3.63) is 77.9 Å². The van der Waals surface area contributed by atoms with Crippen molar-refractivity contribution in [1.29, 1.82) is 0 Å².